The summed E-state index contributed by atoms with van der Waals surface area (Å²) in [5.74, 6) is 0. The molecule has 1 heterocycles. The van der Waals surface area contributed by atoms with Gasteiger partial charge >= 0.3 is 0 Å². The Balaban J connectivity index is 2.27. The average Bonchev–Trinajstić information content (AvgIpc) is 2.34. The molecule has 0 bridgehead atoms. The van der Waals surface area contributed by atoms with E-state index in [4.69, 9.17) is 0 Å². The minimum absolute atomic E-state index is 0.731. The Bertz CT molecular complexity index is 170. The fourth-order valence-electron chi connectivity index (χ4n) is 2.62. The highest BCUT2D eigenvalue weighted by Gasteiger charge is 2.24. The van der Waals surface area contributed by atoms with Crippen molar-refractivity contribution in [2.45, 2.75) is 71.4 Å². The van der Waals surface area contributed by atoms with Gasteiger partial charge in [0.15, 0.2) is 0 Å². The average molecular weight is 226 g/mol. The first-order chi connectivity index (χ1) is 7.81. The van der Waals surface area contributed by atoms with Gasteiger partial charge in [0.1, 0.15) is 0 Å². The van der Waals surface area contributed by atoms with Crippen LogP contribution in [0.15, 0.2) is 0 Å². The molecule has 0 aromatic rings. The fraction of sp³-hybridized carbons (Fsp3) is 1.00. The second kappa shape index (κ2) is 8.08. The molecule has 1 aliphatic heterocycles. The summed E-state index contributed by atoms with van der Waals surface area (Å²) in [6, 6.07) is 1.51. The second-order valence-corrected chi connectivity index (χ2v) is 5.13. The van der Waals surface area contributed by atoms with Crippen LogP contribution in [0.25, 0.3) is 0 Å². The summed E-state index contributed by atoms with van der Waals surface area (Å²) >= 11 is 0. The van der Waals surface area contributed by atoms with Crippen molar-refractivity contribution in [2.24, 2.45) is 0 Å². The summed E-state index contributed by atoms with van der Waals surface area (Å²) in [5, 5.41) is 3.66. The van der Waals surface area contributed by atoms with Gasteiger partial charge in [0.2, 0.25) is 0 Å². The van der Waals surface area contributed by atoms with Gasteiger partial charge in [-0.2, -0.15) is 0 Å². The van der Waals surface area contributed by atoms with Crippen molar-refractivity contribution in [3.05, 3.63) is 0 Å². The lowest BCUT2D eigenvalue weighted by molar-refractivity contribution is 0.122. The molecule has 2 unspecified atom stereocenters. The maximum absolute atomic E-state index is 3.66. The monoisotopic (exact) mass is 226 g/mol. The summed E-state index contributed by atoms with van der Waals surface area (Å²) in [6.45, 7) is 10.7. The molecule has 0 radical (unpaired) electrons. The maximum Gasteiger partial charge on any atom is 0.0218 e. The van der Waals surface area contributed by atoms with E-state index in [2.05, 4.69) is 31.0 Å². The van der Waals surface area contributed by atoms with E-state index < -0.39 is 0 Å². The van der Waals surface area contributed by atoms with Gasteiger partial charge in [0.25, 0.3) is 0 Å². The Morgan fingerprint density at radius 2 is 1.88 bits per heavy atom. The number of rotatable bonds is 7. The Hall–Kier alpha value is -0.0800. The van der Waals surface area contributed by atoms with Gasteiger partial charge in [0.05, 0.1) is 0 Å². The topological polar surface area (TPSA) is 15.3 Å². The number of hydrogen-bond donors (Lipinski definition) is 1. The molecule has 0 amide bonds. The van der Waals surface area contributed by atoms with E-state index in [9.17, 15) is 0 Å². The Morgan fingerprint density at radius 1 is 1.06 bits per heavy atom. The molecule has 1 rings (SSSR count). The van der Waals surface area contributed by atoms with Crippen LogP contribution < -0.4 is 5.32 Å². The molecule has 0 aromatic carbocycles. The molecule has 96 valence electrons. The number of unbranched alkanes of at least 4 members (excludes halogenated alkanes) is 3. The smallest absolute Gasteiger partial charge is 0.0218 e. The molecule has 1 saturated heterocycles. The third-order valence-corrected chi connectivity index (χ3v) is 3.88. The molecular weight excluding hydrogens is 196 g/mol. The highest BCUT2D eigenvalue weighted by molar-refractivity contribution is 4.84. The zero-order valence-electron chi connectivity index (χ0n) is 11.5. The molecule has 0 aliphatic carbocycles. The van der Waals surface area contributed by atoms with Crippen LogP contribution in [0.2, 0.25) is 0 Å². The summed E-state index contributed by atoms with van der Waals surface area (Å²) in [7, 11) is 0. The molecule has 2 heteroatoms. The quantitative estimate of drug-likeness (QED) is 0.671. The summed E-state index contributed by atoms with van der Waals surface area (Å²) < 4.78 is 0. The molecule has 2 nitrogen and oxygen atoms in total. The van der Waals surface area contributed by atoms with Gasteiger partial charge in [-0.3, -0.25) is 4.90 Å². The largest absolute Gasteiger partial charge is 0.311 e. The lowest BCUT2D eigenvalue weighted by atomic mass is 10.0. The van der Waals surface area contributed by atoms with Gasteiger partial charge < -0.3 is 5.32 Å². The van der Waals surface area contributed by atoms with E-state index in [-0.39, 0.29) is 0 Å². The van der Waals surface area contributed by atoms with Crippen molar-refractivity contribution in [1.82, 2.24) is 10.2 Å². The SMILES string of the molecule is CCCCCCN1CC(CC)NCC1CC. The third-order valence-electron chi connectivity index (χ3n) is 3.88. The molecule has 1 aliphatic rings. The van der Waals surface area contributed by atoms with Gasteiger partial charge in [-0.05, 0) is 25.8 Å². The van der Waals surface area contributed by atoms with E-state index in [1.54, 1.807) is 0 Å². The van der Waals surface area contributed by atoms with E-state index in [1.165, 1.54) is 58.2 Å². The number of nitrogens with one attached hydrogen (secondary N) is 1. The first-order valence-electron chi connectivity index (χ1n) is 7.29. The fourth-order valence-corrected chi connectivity index (χ4v) is 2.62. The van der Waals surface area contributed by atoms with E-state index in [0.717, 1.165) is 12.1 Å². The highest BCUT2D eigenvalue weighted by Crippen LogP contribution is 2.13. The minimum atomic E-state index is 0.731. The van der Waals surface area contributed by atoms with Crippen molar-refractivity contribution >= 4 is 0 Å². The first kappa shape index (κ1) is 14.0. The lowest BCUT2D eigenvalue weighted by Gasteiger charge is -2.40. The van der Waals surface area contributed by atoms with Gasteiger partial charge in [-0.25, -0.2) is 0 Å². The van der Waals surface area contributed by atoms with E-state index in [0.29, 0.717) is 0 Å². The van der Waals surface area contributed by atoms with Crippen molar-refractivity contribution in [2.75, 3.05) is 19.6 Å². The molecule has 0 aromatic heterocycles. The van der Waals surface area contributed by atoms with E-state index >= 15 is 0 Å². The van der Waals surface area contributed by atoms with Gasteiger partial charge in [-0.15, -0.1) is 0 Å². The maximum atomic E-state index is 3.66. The second-order valence-electron chi connectivity index (χ2n) is 5.13. The molecule has 16 heavy (non-hydrogen) atoms. The van der Waals surface area contributed by atoms with Crippen LogP contribution in [0, 0.1) is 0 Å². The zero-order chi connectivity index (χ0) is 11.8. The highest BCUT2D eigenvalue weighted by atomic mass is 15.2. The van der Waals surface area contributed by atoms with Crippen LogP contribution in [0.1, 0.15) is 59.3 Å². The predicted octanol–water partition coefficient (Wildman–Crippen LogP) is 3.03. The normalized spacial score (nSPS) is 27.2. The predicted molar refractivity (Wildman–Crippen MR) is 71.9 cm³/mol. The van der Waals surface area contributed by atoms with Gasteiger partial charge in [0, 0.05) is 25.2 Å². The van der Waals surface area contributed by atoms with Gasteiger partial charge in [-0.1, -0.05) is 40.0 Å². The minimum Gasteiger partial charge on any atom is -0.311 e. The molecule has 1 N–H and O–H groups in total. The molecule has 0 saturated carbocycles. The molecule has 2 atom stereocenters. The molecule has 1 fully saturated rings. The van der Waals surface area contributed by atoms with Crippen LogP contribution in [-0.2, 0) is 0 Å². The summed E-state index contributed by atoms with van der Waals surface area (Å²) in [6.07, 6.45) is 8.10. The van der Waals surface area contributed by atoms with Crippen molar-refractivity contribution < 1.29 is 0 Å². The van der Waals surface area contributed by atoms with Crippen molar-refractivity contribution in [1.29, 1.82) is 0 Å². The van der Waals surface area contributed by atoms with Crippen molar-refractivity contribution in [3.8, 4) is 0 Å². The Morgan fingerprint density at radius 3 is 2.50 bits per heavy atom. The zero-order valence-corrected chi connectivity index (χ0v) is 11.5. The number of hydrogen-bond acceptors (Lipinski definition) is 2. The standard InChI is InChI=1S/C14H30N2/c1-4-7-8-9-10-16-12-13(5-2)15-11-14(16)6-3/h13-15H,4-12H2,1-3H3. The van der Waals surface area contributed by atoms with Crippen LogP contribution in [0.5, 0.6) is 0 Å². The summed E-state index contributed by atoms with van der Waals surface area (Å²) in [4.78, 5) is 2.72. The first-order valence-corrected chi connectivity index (χ1v) is 7.29. The third kappa shape index (κ3) is 4.42. The van der Waals surface area contributed by atoms with Crippen LogP contribution >= 0.6 is 0 Å². The Labute approximate surface area is 102 Å². The van der Waals surface area contributed by atoms with E-state index in [1.807, 2.05) is 0 Å². The van der Waals surface area contributed by atoms with Crippen LogP contribution in [-0.4, -0.2) is 36.6 Å². The van der Waals surface area contributed by atoms with Crippen LogP contribution in [0.3, 0.4) is 0 Å². The summed E-state index contributed by atoms with van der Waals surface area (Å²) in [5.41, 5.74) is 0. The number of nitrogens with zero attached hydrogens (tertiary/aromatic N) is 1. The molecule has 0 spiro atoms. The lowest BCUT2D eigenvalue weighted by Crippen LogP contribution is -2.56. The Kier molecular flexibility index (Phi) is 7.06. The molecular formula is C14H30N2. The van der Waals surface area contributed by atoms with Crippen LogP contribution in [0.4, 0.5) is 0 Å². The van der Waals surface area contributed by atoms with Crippen molar-refractivity contribution in [3.63, 3.8) is 0 Å². The number of piperazine rings is 1.